The highest BCUT2D eigenvalue weighted by Gasteiger charge is 2.15. The Bertz CT molecular complexity index is 940. The fraction of sp³-hybridized carbons (Fsp3) is 0.235. The summed E-state index contributed by atoms with van der Waals surface area (Å²) >= 11 is 0. The van der Waals surface area contributed by atoms with Crippen molar-refractivity contribution < 1.29 is 15.0 Å². The number of aliphatic carboxylic acids is 1. The first-order valence-corrected chi connectivity index (χ1v) is 7.90. The van der Waals surface area contributed by atoms with Crippen molar-refractivity contribution in [1.82, 2.24) is 24.7 Å². The van der Waals surface area contributed by atoms with Gasteiger partial charge in [-0.3, -0.25) is 4.68 Å². The maximum atomic E-state index is 10.7. The molecular weight excluding hydrogens is 336 g/mol. The molecule has 0 radical (unpaired) electrons. The van der Waals surface area contributed by atoms with Crippen LogP contribution in [0.2, 0.25) is 0 Å². The van der Waals surface area contributed by atoms with E-state index in [4.69, 9.17) is 5.11 Å². The second-order valence-corrected chi connectivity index (χ2v) is 5.87. The van der Waals surface area contributed by atoms with Crippen molar-refractivity contribution in [3.63, 3.8) is 0 Å². The van der Waals surface area contributed by atoms with Crippen LogP contribution in [-0.2, 0) is 11.3 Å². The highest BCUT2D eigenvalue weighted by Crippen LogP contribution is 2.20. The van der Waals surface area contributed by atoms with Crippen LogP contribution in [0.4, 0.5) is 11.6 Å². The van der Waals surface area contributed by atoms with Gasteiger partial charge in [0.1, 0.15) is 11.6 Å². The van der Waals surface area contributed by atoms with Crippen LogP contribution in [-0.4, -0.2) is 47.0 Å². The lowest BCUT2D eigenvalue weighted by Crippen LogP contribution is -2.25. The summed E-state index contributed by atoms with van der Waals surface area (Å²) in [7, 11) is 0. The number of aryl methyl sites for hydroxylation is 2. The third-order valence-electron chi connectivity index (χ3n) is 3.56. The number of pyridine rings is 1. The largest absolute Gasteiger partial charge is 0.479 e. The molecule has 0 unspecified atom stereocenters. The molecule has 0 spiro atoms. The Balaban J connectivity index is 1.83. The van der Waals surface area contributed by atoms with Crippen LogP contribution in [0.1, 0.15) is 11.3 Å². The average molecular weight is 354 g/mol. The number of aliphatic hydroxyl groups is 1. The van der Waals surface area contributed by atoms with E-state index >= 15 is 0 Å². The van der Waals surface area contributed by atoms with Crippen LogP contribution in [0.3, 0.4) is 0 Å². The molecular formula is C17H18N6O3. The first-order chi connectivity index (χ1) is 12.4. The Morgan fingerprint density at radius 1 is 1.27 bits per heavy atom. The lowest BCUT2D eigenvalue weighted by atomic mass is 10.3. The molecule has 0 saturated heterocycles. The van der Waals surface area contributed by atoms with Gasteiger partial charge in [0.05, 0.1) is 18.3 Å². The molecule has 1 atom stereocenters. The molecule has 0 fully saturated rings. The van der Waals surface area contributed by atoms with Crippen LogP contribution in [0.15, 0.2) is 36.8 Å². The predicted molar refractivity (Wildman–Crippen MR) is 93.9 cm³/mol. The van der Waals surface area contributed by atoms with Crippen LogP contribution in [0, 0.1) is 13.8 Å². The lowest BCUT2D eigenvalue weighted by Gasteiger charge is -2.08. The van der Waals surface area contributed by atoms with E-state index in [-0.39, 0.29) is 6.54 Å². The highest BCUT2D eigenvalue weighted by atomic mass is 16.4. The zero-order valence-electron chi connectivity index (χ0n) is 14.3. The van der Waals surface area contributed by atoms with Gasteiger partial charge in [-0.2, -0.15) is 5.10 Å². The molecule has 9 nitrogen and oxygen atoms in total. The number of carboxylic acids is 1. The molecule has 134 valence electrons. The van der Waals surface area contributed by atoms with E-state index in [0.29, 0.717) is 23.0 Å². The number of carbonyl (C=O) groups is 1. The quantitative estimate of drug-likeness (QED) is 0.608. The molecule has 0 amide bonds. The Morgan fingerprint density at radius 2 is 2.08 bits per heavy atom. The Hall–Kier alpha value is -3.33. The first-order valence-electron chi connectivity index (χ1n) is 7.90. The fourth-order valence-electron chi connectivity index (χ4n) is 2.33. The summed E-state index contributed by atoms with van der Waals surface area (Å²) in [5.41, 5.74) is 2.45. The number of nitrogens with one attached hydrogen (secondary N) is 1. The van der Waals surface area contributed by atoms with Crippen molar-refractivity contribution in [1.29, 1.82) is 0 Å². The third-order valence-corrected chi connectivity index (χ3v) is 3.56. The molecule has 0 aliphatic rings. The normalized spacial score (nSPS) is 12.0. The molecule has 3 aromatic rings. The third kappa shape index (κ3) is 4.19. The molecule has 3 aromatic heterocycles. The molecule has 3 N–H and O–H groups in total. The molecule has 0 aliphatic carbocycles. The number of hydrogen-bond donors (Lipinski definition) is 3. The standard InChI is InChI=1S/C17H18N6O3/c1-10-3-4-18-14(5-10)21-15-6-11(2)20-16(22-15)12-7-19-23(8-12)9-13(24)17(25)26/h3-8,13,24H,9H2,1-2H3,(H,25,26)(H,18,20,21,22)/t13-/m1/s1. The van der Waals surface area contributed by atoms with Crippen molar-refractivity contribution in [2.45, 2.75) is 26.5 Å². The van der Waals surface area contributed by atoms with Gasteiger partial charge in [0.2, 0.25) is 0 Å². The molecule has 0 aromatic carbocycles. The molecule has 0 bridgehead atoms. The van der Waals surface area contributed by atoms with E-state index in [2.05, 4.69) is 25.4 Å². The van der Waals surface area contributed by atoms with E-state index in [1.165, 1.54) is 10.9 Å². The molecule has 3 rings (SSSR count). The van der Waals surface area contributed by atoms with E-state index in [0.717, 1.165) is 11.3 Å². The fourth-order valence-corrected chi connectivity index (χ4v) is 2.33. The van der Waals surface area contributed by atoms with E-state index in [9.17, 15) is 9.90 Å². The monoisotopic (exact) mass is 354 g/mol. The van der Waals surface area contributed by atoms with Gasteiger partial charge in [-0.15, -0.1) is 0 Å². The molecule has 9 heteroatoms. The molecule has 0 saturated carbocycles. The van der Waals surface area contributed by atoms with Gasteiger partial charge in [-0.25, -0.2) is 19.7 Å². The zero-order chi connectivity index (χ0) is 18.7. The molecule has 0 aliphatic heterocycles. The number of rotatable bonds is 6. The number of anilines is 2. The smallest absolute Gasteiger partial charge is 0.334 e. The van der Waals surface area contributed by atoms with Crippen molar-refractivity contribution in [3.8, 4) is 11.4 Å². The Morgan fingerprint density at radius 3 is 2.81 bits per heavy atom. The summed E-state index contributed by atoms with van der Waals surface area (Å²) in [6.07, 6.45) is 3.31. The van der Waals surface area contributed by atoms with Crippen LogP contribution in [0.25, 0.3) is 11.4 Å². The zero-order valence-corrected chi connectivity index (χ0v) is 14.3. The average Bonchev–Trinajstić information content (AvgIpc) is 3.02. The number of aromatic nitrogens is 5. The maximum Gasteiger partial charge on any atom is 0.334 e. The first kappa shape index (κ1) is 17.5. The van der Waals surface area contributed by atoms with Gasteiger partial charge in [0.15, 0.2) is 11.9 Å². The van der Waals surface area contributed by atoms with Crippen LogP contribution >= 0.6 is 0 Å². The second-order valence-electron chi connectivity index (χ2n) is 5.87. The SMILES string of the molecule is Cc1ccnc(Nc2cc(C)nc(-c3cnn(C[C@@H](O)C(=O)O)c3)n2)c1. The van der Waals surface area contributed by atoms with Gasteiger partial charge < -0.3 is 15.5 Å². The van der Waals surface area contributed by atoms with E-state index in [1.54, 1.807) is 18.5 Å². The van der Waals surface area contributed by atoms with Gasteiger partial charge >= 0.3 is 5.97 Å². The van der Waals surface area contributed by atoms with Crippen LogP contribution in [0.5, 0.6) is 0 Å². The van der Waals surface area contributed by atoms with E-state index < -0.39 is 12.1 Å². The predicted octanol–water partition coefficient (Wildman–Crippen LogP) is 1.54. The minimum absolute atomic E-state index is 0.153. The van der Waals surface area contributed by atoms with Gasteiger partial charge in [0, 0.05) is 24.2 Å². The summed E-state index contributed by atoms with van der Waals surface area (Å²) in [4.78, 5) is 23.8. The number of carboxylic acid groups (broad SMARTS) is 1. The van der Waals surface area contributed by atoms with Crippen LogP contribution < -0.4 is 5.32 Å². The summed E-state index contributed by atoms with van der Waals surface area (Å²) in [5.74, 6) is 0.403. The number of hydrogen-bond acceptors (Lipinski definition) is 7. The maximum absolute atomic E-state index is 10.7. The summed E-state index contributed by atoms with van der Waals surface area (Å²) < 4.78 is 1.34. The van der Waals surface area contributed by atoms with Gasteiger partial charge in [0.25, 0.3) is 0 Å². The number of nitrogens with zero attached hydrogens (tertiary/aromatic N) is 5. The van der Waals surface area contributed by atoms with Crippen molar-refractivity contribution in [3.05, 3.63) is 48.0 Å². The van der Waals surface area contributed by atoms with Crippen molar-refractivity contribution in [2.24, 2.45) is 0 Å². The summed E-state index contributed by atoms with van der Waals surface area (Å²) in [6, 6.07) is 5.61. The summed E-state index contributed by atoms with van der Waals surface area (Å²) in [5, 5.41) is 25.4. The molecule has 3 heterocycles. The minimum atomic E-state index is -1.52. The van der Waals surface area contributed by atoms with Gasteiger partial charge in [-0.05, 0) is 31.5 Å². The highest BCUT2D eigenvalue weighted by molar-refractivity contribution is 5.71. The number of aliphatic hydroxyl groups excluding tert-OH is 1. The lowest BCUT2D eigenvalue weighted by molar-refractivity contribution is -0.147. The second kappa shape index (κ2) is 7.28. The van der Waals surface area contributed by atoms with Crippen molar-refractivity contribution in [2.75, 3.05) is 5.32 Å². The van der Waals surface area contributed by atoms with E-state index in [1.807, 2.05) is 26.0 Å². The molecule has 26 heavy (non-hydrogen) atoms. The minimum Gasteiger partial charge on any atom is -0.479 e. The van der Waals surface area contributed by atoms with Crippen molar-refractivity contribution >= 4 is 17.6 Å². The van der Waals surface area contributed by atoms with Gasteiger partial charge in [-0.1, -0.05) is 0 Å². The Labute approximate surface area is 149 Å². The summed E-state index contributed by atoms with van der Waals surface area (Å²) in [6.45, 7) is 3.67. The Kier molecular flexibility index (Phi) is 4.90. The topological polar surface area (TPSA) is 126 Å².